The van der Waals surface area contributed by atoms with Gasteiger partial charge in [0.1, 0.15) is 0 Å². The molecule has 0 radical (unpaired) electrons. The molecule has 1 aromatic carbocycles. The first-order chi connectivity index (χ1) is 53.3. The molecule has 9 aliphatic rings. The molecule has 0 aromatic heterocycles. The van der Waals surface area contributed by atoms with Crippen molar-refractivity contribution in [2.24, 2.45) is 82.9 Å². The van der Waals surface area contributed by atoms with Crippen molar-refractivity contribution < 1.29 is 126 Å². The van der Waals surface area contributed by atoms with Crippen molar-refractivity contribution in [1.29, 1.82) is 0 Å². The molecule has 0 spiro atoms. The molecule has 9 fully saturated rings. The zero-order valence-corrected chi connectivity index (χ0v) is 66.5. The lowest BCUT2D eigenvalue weighted by Crippen LogP contribution is -2.39. The zero-order valence-electron chi connectivity index (χ0n) is 67.5. The number of rotatable bonds is 24. The largest absolute Gasteiger partial charge is 0.363 e. The summed E-state index contributed by atoms with van der Waals surface area (Å²) in [4.78, 5) is 276. The van der Waals surface area contributed by atoms with Crippen LogP contribution < -0.4 is 5.32 Å². The van der Waals surface area contributed by atoms with Gasteiger partial charge in [0.15, 0.2) is 0 Å². The Morgan fingerprint density at radius 2 is 0.809 bits per heavy atom. The van der Waals surface area contributed by atoms with E-state index in [1.807, 2.05) is 69.2 Å². The van der Waals surface area contributed by atoms with Crippen molar-refractivity contribution in [3.8, 4) is 0 Å². The van der Waals surface area contributed by atoms with Crippen LogP contribution in [0, 0.1) is 82.9 Å². The van der Waals surface area contributed by atoms with Crippen LogP contribution in [0.1, 0.15) is 239 Å². The number of hydrogen-bond acceptors (Lipinski definition) is 26. The van der Waals surface area contributed by atoms with Gasteiger partial charge in [-0.25, -0.2) is 24.0 Å². The van der Waals surface area contributed by atoms with Crippen molar-refractivity contribution in [2.75, 3.05) is 25.0 Å². The number of nitrogens with zero attached hydrogens (tertiary/aromatic N) is 8. The molecule has 35 nitrogen and oxygen atoms in total. The summed E-state index contributed by atoms with van der Waals surface area (Å²) in [5, 5.41) is 5.67. The molecule has 1 N–H and O–H groups in total. The van der Waals surface area contributed by atoms with E-state index in [2.05, 4.69) is 11.9 Å². The van der Waals surface area contributed by atoms with Crippen molar-refractivity contribution in [3.63, 3.8) is 0 Å². The van der Waals surface area contributed by atoms with Crippen LogP contribution in [0.3, 0.4) is 0 Å². The van der Waals surface area contributed by atoms with Gasteiger partial charge in [0.2, 0.25) is 41.4 Å². The van der Waals surface area contributed by atoms with Gasteiger partial charge in [-0.1, -0.05) is 118 Å². The van der Waals surface area contributed by atoms with Gasteiger partial charge in [-0.05, 0) is 98.3 Å². The average Bonchev–Trinajstić information content (AvgIpc) is 1.71. The lowest BCUT2D eigenvalue weighted by Gasteiger charge is -2.30. The summed E-state index contributed by atoms with van der Waals surface area (Å²) in [5.41, 5.74) is 1.01. The van der Waals surface area contributed by atoms with Crippen LogP contribution in [0.2, 0.25) is 0 Å². The summed E-state index contributed by atoms with van der Waals surface area (Å²) in [6.45, 7) is 29.5. The van der Waals surface area contributed by atoms with Crippen LogP contribution in [0.4, 0.5) is 5.69 Å². The van der Waals surface area contributed by atoms with E-state index in [-0.39, 0.29) is 223 Å². The molecule has 8 atom stereocenters. The molecule has 115 heavy (non-hydrogen) atoms. The number of benzene rings is 1. The third-order valence-electron chi connectivity index (χ3n) is 20.0. The second-order valence-electron chi connectivity index (χ2n) is 31.5. The number of hydroxylamine groups is 10. The number of hydrogen-bond donors (Lipinski definition) is 1. The Morgan fingerprint density at radius 1 is 0.435 bits per heavy atom. The van der Waals surface area contributed by atoms with Crippen molar-refractivity contribution in [3.05, 3.63) is 42.1 Å². The standard InChI is InChI=1S/C20H28N2O6.C17H20N2O5.C16H22N2O5.C15H20N2O6.C10H15NO4.2CH4/c1-11(2)15-9-16(23)21(19(15)26)10-13-4-6-14(7-5-13)20(27)28-22-17(24)8-12(3)18(22)25;1-10(2)8-14(20)18-13-6-4-12(5-7-13)17(23)24-19-15(21)9-11(3)16(19)22;1-10(2)12-9-14(20)17(16(12)22)8-4-5-15(21)23-18-11(3)6-7-13(18)19;1-8(2)10-7-11(18)16(15(10)22)5-4-13(20)23-17-12(19)6-9(3)14(17)21;1-6(2)4-9(13)15-11-8(12)5-7(3)10(11)14;;/h11-15H,4-10H2,1-3H3;4-7,10-11H,8-9H2,1-3H3,(H,18,20);10,12H,3-9H2,1-2H3;8-10H,4-7H2,1-3H3;6-7H,4-5H2,1-3H3;2*1H4/i;;7D;;;;. The molecule has 1 saturated carbocycles. The summed E-state index contributed by atoms with van der Waals surface area (Å²) in [6, 6.07) is 6.04. The molecule has 8 unspecified atom stereocenters. The van der Waals surface area contributed by atoms with E-state index in [0.29, 0.717) is 64.6 Å². The number of amides is 16. The van der Waals surface area contributed by atoms with Gasteiger partial charge < -0.3 is 29.5 Å². The van der Waals surface area contributed by atoms with E-state index in [1.165, 1.54) is 21.9 Å². The molecule has 0 bridgehead atoms. The third-order valence-corrected chi connectivity index (χ3v) is 20.0. The number of carbonyl (C=O) groups is 21. The molecular formula is C80H113N9O26. The fourth-order valence-electron chi connectivity index (χ4n) is 13.2. The fraction of sp³-hybridized carbons (Fsp3) is 0.637. The first-order valence-corrected chi connectivity index (χ1v) is 38.2. The number of nitrogens with one attached hydrogen (secondary N) is 1. The zero-order chi connectivity index (χ0) is 85.3. The average molecular weight is 1620 g/mol. The summed E-state index contributed by atoms with van der Waals surface area (Å²) in [7, 11) is 0. The lowest BCUT2D eigenvalue weighted by molar-refractivity contribution is -0.202. The molecule has 8 saturated heterocycles. The van der Waals surface area contributed by atoms with Gasteiger partial charge in [0.25, 0.3) is 53.2 Å². The van der Waals surface area contributed by atoms with Gasteiger partial charge >= 0.3 is 29.8 Å². The third kappa shape index (κ3) is 26.1. The topological polar surface area (TPSA) is 443 Å². The number of imide groups is 7. The van der Waals surface area contributed by atoms with Gasteiger partial charge in [-0.2, -0.15) is 0 Å². The lowest BCUT2D eigenvalue weighted by atomic mass is 9.82. The quantitative estimate of drug-likeness (QED) is 0.0972. The van der Waals surface area contributed by atoms with Crippen molar-refractivity contribution in [2.45, 2.75) is 227 Å². The molecule has 1 aliphatic carbocycles. The summed E-state index contributed by atoms with van der Waals surface area (Å²) >= 11 is 0. The highest BCUT2D eigenvalue weighted by Gasteiger charge is 2.47. The van der Waals surface area contributed by atoms with Gasteiger partial charge in [0, 0.05) is 132 Å². The maximum atomic E-state index is 12.4. The predicted molar refractivity (Wildman–Crippen MR) is 403 cm³/mol. The van der Waals surface area contributed by atoms with E-state index in [9.17, 15) is 101 Å². The Labute approximate surface area is 670 Å². The molecule has 634 valence electrons. The number of likely N-dealkylation sites (tertiary alicyclic amines) is 3. The summed E-state index contributed by atoms with van der Waals surface area (Å²) in [5.74, 6) is -11.5. The number of carbonyl (C=O) groups excluding carboxylic acids is 21. The molecule has 1 aromatic rings. The highest BCUT2D eigenvalue weighted by Crippen LogP contribution is 2.36. The van der Waals surface area contributed by atoms with Crippen LogP contribution in [0.25, 0.3) is 0 Å². The summed E-state index contributed by atoms with van der Waals surface area (Å²) < 4.78 is 7.47. The molecule has 8 aliphatic heterocycles. The Morgan fingerprint density at radius 3 is 1.19 bits per heavy atom. The second kappa shape index (κ2) is 43.1. The molecular weight excluding hydrogens is 1500 g/mol. The van der Waals surface area contributed by atoms with Crippen molar-refractivity contribution >= 4 is 130 Å². The minimum Gasteiger partial charge on any atom is -0.334 e. The summed E-state index contributed by atoms with van der Waals surface area (Å²) in [6.07, 6.45) is 3.09. The molecule has 8 heterocycles. The first kappa shape index (κ1) is 94.8. The van der Waals surface area contributed by atoms with Crippen LogP contribution in [0.5, 0.6) is 0 Å². The molecule has 10 rings (SSSR count). The highest BCUT2D eigenvalue weighted by molar-refractivity contribution is 6.08. The van der Waals surface area contributed by atoms with Gasteiger partial charge in [-0.3, -0.25) is 91.4 Å². The number of anilines is 1. The molecule has 35 heteroatoms. The normalized spacial score (nSPS) is 24.1. The Kier molecular flexibility index (Phi) is 35.5. The van der Waals surface area contributed by atoms with E-state index in [1.54, 1.807) is 39.8 Å². The van der Waals surface area contributed by atoms with E-state index in [0.717, 1.165) is 9.96 Å². The Hall–Kier alpha value is -10.8. The Balaban J connectivity index is 0.000000307. The number of allylic oxidation sites excluding steroid dienone is 1. The predicted octanol–water partition coefficient (Wildman–Crippen LogP) is 7.63. The fourth-order valence-corrected chi connectivity index (χ4v) is 13.2. The van der Waals surface area contributed by atoms with E-state index < -0.39 is 107 Å². The minimum absolute atomic E-state index is 0. The minimum atomic E-state index is -0.988. The molecule has 16 amide bonds. The van der Waals surface area contributed by atoms with Gasteiger partial charge in [-0.15, -0.1) is 25.3 Å². The van der Waals surface area contributed by atoms with E-state index >= 15 is 0 Å². The van der Waals surface area contributed by atoms with Crippen LogP contribution in [0.15, 0.2) is 36.5 Å². The SMILES string of the molecule is C.C.CC(C)CC(=O)Nc1ccc(C(=O)ON2C(=O)CC(C)C2=O)cc1.CC(C)CC(=O)ON1C(=O)CC(C)C1=O.CC1CC(=O)N(OC(=O)C2CCC(CN3C(=O)CC(C(C)C)C3=O)CC2)C1=O.CC1CC(=O)N(OC(=O)CCN2C(=O)CC(C(C)C)C2=O)C1=O.[2H]C1CC(=C)N(OC(=O)CCCN2C(=O)CC(C(C)C)C2=O)C1=O. The Bertz CT molecular complexity index is 3960. The van der Waals surface area contributed by atoms with Crippen LogP contribution in [-0.4, -0.2) is 184 Å². The monoisotopic (exact) mass is 1620 g/mol. The maximum Gasteiger partial charge on any atom is 0.363 e. The van der Waals surface area contributed by atoms with Crippen LogP contribution in [-0.2, 0) is 120 Å². The van der Waals surface area contributed by atoms with Crippen molar-refractivity contribution in [1.82, 2.24) is 40.0 Å². The maximum absolute atomic E-state index is 12.4. The second-order valence-corrected chi connectivity index (χ2v) is 31.5. The van der Waals surface area contributed by atoms with Crippen LogP contribution >= 0.6 is 0 Å². The smallest absolute Gasteiger partial charge is 0.334 e. The van der Waals surface area contributed by atoms with E-state index in [4.69, 9.17) is 25.6 Å². The first-order valence-electron chi connectivity index (χ1n) is 38.8. The van der Waals surface area contributed by atoms with Gasteiger partial charge in [0.05, 0.1) is 30.0 Å². The highest BCUT2D eigenvalue weighted by atomic mass is 16.7.